The van der Waals surface area contributed by atoms with Crippen molar-refractivity contribution >= 4 is 69.5 Å². The number of likely N-dealkylation sites (N-methyl/N-ethyl adjacent to an activating group) is 2. The predicted octanol–water partition coefficient (Wildman–Crippen LogP) is 3.43. The van der Waals surface area contributed by atoms with E-state index in [1.807, 2.05) is 39.1 Å². The Bertz CT molecular complexity index is 2510. The summed E-state index contributed by atoms with van der Waals surface area (Å²) in [5.41, 5.74) is 1.45. The van der Waals surface area contributed by atoms with Crippen LogP contribution in [0, 0.1) is 0 Å². The van der Waals surface area contributed by atoms with Crippen molar-refractivity contribution < 1.29 is 38.2 Å². The van der Waals surface area contributed by atoms with E-state index in [4.69, 9.17) is 30.8 Å². The molecule has 2 aromatic carbocycles. The standard InChI is InChI=1S/C43H48ClN9O9/c1-23(2)52-33-8-5-25(15-24(33)16-35(42(52)59)61-22-37(55)45-3)47-38-32(44)19-46-43(49-38)51-13-11-27(12-14-51)62-29-17-26(50(4)20-29)21-60-28-6-7-30-31(18-28)41(58)53(40(30)57)34-9-10-36(54)48-39(34)56/h5-8,15-16,18-19,23,26-27,29,34H,9-14,17,20-22H2,1-4H3,(H,45,55)(H,46,47,49)(H,48,54,56)/t26-,29+,34?/m0/s1. The first kappa shape index (κ1) is 42.6. The highest BCUT2D eigenvalue weighted by atomic mass is 35.5. The summed E-state index contributed by atoms with van der Waals surface area (Å²) in [5.74, 6) is -1.07. The maximum absolute atomic E-state index is 13.3. The summed E-state index contributed by atoms with van der Waals surface area (Å²) in [7, 11) is 3.53. The normalized spacial score (nSPS) is 20.8. The van der Waals surface area contributed by atoms with Crippen molar-refractivity contribution in [3.8, 4) is 11.5 Å². The van der Waals surface area contributed by atoms with Gasteiger partial charge in [-0.05, 0) is 89.0 Å². The maximum atomic E-state index is 13.3. The fourth-order valence-electron chi connectivity index (χ4n) is 8.48. The number of hydrogen-bond donors (Lipinski definition) is 3. The van der Waals surface area contributed by atoms with Gasteiger partial charge in [-0.25, -0.2) is 4.98 Å². The van der Waals surface area contributed by atoms with E-state index in [1.165, 1.54) is 7.05 Å². The van der Waals surface area contributed by atoms with E-state index in [0.29, 0.717) is 53.4 Å². The van der Waals surface area contributed by atoms with Crippen LogP contribution in [0.4, 0.5) is 17.5 Å². The number of benzene rings is 2. The molecular formula is C43H48ClN9O9. The summed E-state index contributed by atoms with van der Waals surface area (Å²) < 4.78 is 20.0. The van der Waals surface area contributed by atoms with E-state index in [0.717, 1.165) is 36.1 Å². The molecule has 4 aliphatic rings. The number of fused-ring (bicyclic) bond motifs is 2. The van der Waals surface area contributed by atoms with Crippen LogP contribution in [0.15, 0.2) is 53.5 Å². The topological polar surface area (TPSA) is 207 Å². The Labute approximate surface area is 361 Å². The number of carbonyl (C=O) groups excluding carboxylic acids is 5. The van der Waals surface area contributed by atoms with Crippen LogP contribution in [0.1, 0.15) is 72.7 Å². The number of hydrogen-bond acceptors (Lipinski definition) is 14. The molecule has 3 saturated heterocycles. The molecule has 18 nitrogen and oxygen atoms in total. The zero-order chi connectivity index (χ0) is 43.8. The van der Waals surface area contributed by atoms with Crippen molar-refractivity contribution in [2.24, 2.45) is 0 Å². The van der Waals surface area contributed by atoms with Crippen LogP contribution in [-0.2, 0) is 19.1 Å². The third-order valence-corrected chi connectivity index (χ3v) is 12.0. The molecule has 8 rings (SSSR count). The number of pyridine rings is 1. The van der Waals surface area contributed by atoms with Gasteiger partial charge in [0.05, 0.1) is 35.0 Å². The number of nitrogens with zero attached hydrogens (tertiary/aromatic N) is 6. The molecule has 0 saturated carbocycles. The van der Waals surface area contributed by atoms with E-state index < -0.39 is 29.7 Å². The molecule has 3 atom stereocenters. The first-order valence-electron chi connectivity index (χ1n) is 20.7. The first-order valence-corrected chi connectivity index (χ1v) is 21.1. The van der Waals surface area contributed by atoms with E-state index in [1.54, 1.807) is 35.0 Å². The molecule has 4 aromatic rings. The predicted molar refractivity (Wildman–Crippen MR) is 228 cm³/mol. The minimum Gasteiger partial charge on any atom is -0.492 e. The Morgan fingerprint density at radius 1 is 0.968 bits per heavy atom. The van der Waals surface area contributed by atoms with Crippen LogP contribution >= 0.6 is 11.6 Å². The van der Waals surface area contributed by atoms with Gasteiger partial charge in [-0.1, -0.05) is 11.6 Å². The Morgan fingerprint density at radius 3 is 2.48 bits per heavy atom. The van der Waals surface area contributed by atoms with Gasteiger partial charge in [0.15, 0.2) is 18.2 Å². The highest BCUT2D eigenvalue weighted by Crippen LogP contribution is 2.33. The zero-order valence-corrected chi connectivity index (χ0v) is 35.6. The van der Waals surface area contributed by atoms with Gasteiger partial charge in [-0.3, -0.25) is 43.9 Å². The van der Waals surface area contributed by atoms with Crippen LogP contribution in [0.2, 0.25) is 5.02 Å². The average Bonchev–Trinajstić information content (AvgIpc) is 3.72. The van der Waals surface area contributed by atoms with E-state index in [9.17, 15) is 28.8 Å². The van der Waals surface area contributed by atoms with Gasteiger partial charge in [0.25, 0.3) is 23.3 Å². The molecule has 6 heterocycles. The lowest BCUT2D eigenvalue weighted by Gasteiger charge is -2.33. The average molecular weight is 870 g/mol. The minimum absolute atomic E-state index is 0.00437. The first-order chi connectivity index (χ1) is 29.8. The fourth-order valence-corrected chi connectivity index (χ4v) is 8.62. The Hall–Kier alpha value is -6.11. The highest BCUT2D eigenvalue weighted by Gasteiger charge is 2.45. The number of imide groups is 2. The van der Waals surface area contributed by atoms with Crippen LogP contribution < -0.4 is 35.9 Å². The summed E-state index contributed by atoms with van der Waals surface area (Å²) in [4.78, 5) is 90.0. The minimum atomic E-state index is -1.03. The van der Waals surface area contributed by atoms with Gasteiger partial charge < -0.3 is 34.3 Å². The summed E-state index contributed by atoms with van der Waals surface area (Å²) in [6.07, 6.45) is 4.09. The molecule has 0 radical (unpaired) electrons. The second-order valence-corrected chi connectivity index (χ2v) is 16.7. The number of anilines is 3. The number of nitrogens with one attached hydrogen (secondary N) is 3. The van der Waals surface area contributed by atoms with Crippen molar-refractivity contribution in [3.05, 3.63) is 75.2 Å². The van der Waals surface area contributed by atoms with E-state index >= 15 is 0 Å². The molecular weight excluding hydrogens is 822 g/mol. The number of carbonyl (C=O) groups is 5. The molecule has 3 N–H and O–H groups in total. The molecule has 326 valence electrons. The number of amides is 5. The quantitative estimate of drug-likeness (QED) is 0.165. The Balaban J connectivity index is 0.843. The summed E-state index contributed by atoms with van der Waals surface area (Å²) in [5, 5.41) is 9.08. The second kappa shape index (κ2) is 17.7. The lowest BCUT2D eigenvalue weighted by Crippen LogP contribution is -2.54. The maximum Gasteiger partial charge on any atom is 0.293 e. The molecule has 19 heteroatoms. The summed E-state index contributed by atoms with van der Waals surface area (Å²) in [6.45, 7) is 5.99. The Morgan fingerprint density at radius 2 is 1.74 bits per heavy atom. The van der Waals surface area contributed by atoms with Crippen molar-refractivity contribution in [2.45, 2.75) is 76.3 Å². The SMILES string of the molecule is CNC(=O)COc1cc2cc(Nc3nc(N4CCC(O[C@@H]5C[C@@H](COc6ccc7c(c6)C(=O)N(C6CCC(=O)NC6=O)C7=O)N(C)C5)CC4)ncc3Cl)ccc2n(C(C)C)c1=O. The van der Waals surface area contributed by atoms with Gasteiger partial charge in [0.2, 0.25) is 17.8 Å². The molecule has 1 unspecified atom stereocenters. The smallest absolute Gasteiger partial charge is 0.293 e. The molecule has 0 aliphatic carbocycles. The number of halogens is 1. The lowest BCUT2D eigenvalue weighted by molar-refractivity contribution is -0.136. The lowest BCUT2D eigenvalue weighted by atomic mass is 10.0. The van der Waals surface area contributed by atoms with Gasteiger partial charge in [0, 0.05) is 56.3 Å². The summed E-state index contributed by atoms with van der Waals surface area (Å²) >= 11 is 6.58. The third kappa shape index (κ3) is 8.67. The van der Waals surface area contributed by atoms with Crippen LogP contribution in [0.25, 0.3) is 10.9 Å². The zero-order valence-electron chi connectivity index (χ0n) is 34.8. The number of piperidine rings is 2. The van der Waals surface area contributed by atoms with Crippen LogP contribution in [0.3, 0.4) is 0 Å². The molecule has 5 amide bonds. The fraction of sp³-hybridized carbons (Fsp3) is 0.442. The molecule has 4 aliphatic heterocycles. The molecule has 0 spiro atoms. The molecule has 3 fully saturated rings. The van der Waals surface area contributed by atoms with Crippen molar-refractivity contribution in [2.75, 3.05) is 57.2 Å². The number of ether oxygens (including phenoxy) is 3. The number of aromatic nitrogens is 3. The third-order valence-electron chi connectivity index (χ3n) is 11.8. The van der Waals surface area contributed by atoms with Gasteiger partial charge >= 0.3 is 0 Å². The Kier molecular flexibility index (Phi) is 12.2. The molecule has 0 bridgehead atoms. The van der Waals surface area contributed by atoms with Gasteiger partial charge in [-0.2, -0.15) is 4.98 Å². The molecule has 62 heavy (non-hydrogen) atoms. The van der Waals surface area contributed by atoms with E-state index in [-0.39, 0.29) is 72.1 Å². The van der Waals surface area contributed by atoms with Crippen molar-refractivity contribution in [3.63, 3.8) is 0 Å². The van der Waals surface area contributed by atoms with Crippen LogP contribution in [-0.4, -0.2) is 125 Å². The highest BCUT2D eigenvalue weighted by molar-refractivity contribution is 6.33. The number of rotatable bonds is 13. The summed E-state index contributed by atoms with van der Waals surface area (Å²) in [6, 6.07) is 10.8. The van der Waals surface area contributed by atoms with Crippen molar-refractivity contribution in [1.29, 1.82) is 0 Å². The monoisotopic (exact) mass is 869 g/mol. The van der Waals surface area contributed by atoms with Gasteiger partial charge in [0.1, 0.15) is 23.4 Å². The van der Waals surface area contributed by atoms with Gasteiger partial charge in [-0.15, -0.1) is 0 Å². The largest absolute Gasteiger partial charge is 0.492 e. The second-order valence-electron chi connectivity index (χ2n) is 16.2. The van der Waals surface area contributed by atoms with E-state index in [2.05, 4.69) is 30.7 Å². The van der Waals surface area contributed by atoms with Crippen LogP contribution in [0.5, 0.6) is 11.5 Å². The van der Waals surface area contributed by atoms with Crippen molar-refractivity contribution in [1.82, 2.24) is 35.0 Å². The molecule has 2 aromatic heterocycles. The number of likely N-dealkylation sites (tertiary alicyclic amines) is 1.